The van der Waals surface area contributed by atoms with E-state index in [9.17, 15) is 4.79 Å². The molecule has 0 N–H and O–H groups in total. The third-order valence-corrected chi connectivity index (χ3v) is 6.33. The Balaban J connectivity index is 1.59. The average molecular weight is 268 g/mol. The van der Waals surface area contributed by atoms with Crippen molar-refractivity contribution in [3.8, 4) is 0 Å². The van der Waals surface area contributed by atoms with E-state index in [0.717, 1.165) is 24.2 Å². The maximum Gasteiger partial charge on any atom is 0.123 e. The van der Waals surface area contributed by atoms with Gasteiger partial charge in [-0.05, 0) is 73.7 Å². The van der Waals surface area contributed by atoms with Gasteiger partial charge >= 0.3 is 0 Å². The zero-order chi connectivity index (χ0) is 13.6. The van der Waals surface area contributed by atoms with Gasteiger partial charge in [0, 0.05) is 5.92 Å². The number of benzene rings is 1. The molecule has 0 radical (unpaired) electrons. The van der Waals surface area contributed by atoms with Crippen LogP contribution >= 0.6 is 0 Å². The van der Waals surface area contributed by atoms with E-state index in [4.69, 9.17) is 0 Å². The van der Waals surface area contributed by atoms with Crippen LogP contribution in [0.4, 0.5) is 0 Å². The highest BCUT2D eigenvalue weighted by molar-refractivity contribution is 5.56. The summed E-state index contributed by atoms with van der Waals surface area (Å²) in [6.45, 7) is 0. The molecule has 0 saturated heterocycles. The Labute approximate surface area is 121 Å². The largest absolute Gasteiger partial charge is 0.303 e. The van der Waals surface area contributed by atoms with E-state index in [1.165, 1.54) is 50.4 Å². The van der Waals surface area contributed by atoms with Crippen molar-refractivity contribution in [2.45, 2.75) is 44.9 Å². The molecule has 1 atom stereocenters. The maximum absolute atomic E-state index is 11.8. The molecule has 0 amide bonds. The van der Waals surface area contributed by atoms with E-state index < -0.39 is 0 Å². The Bertz CT molecular complexity index is 454. The lowest BCUT2D eigenvalue weighted by molar-refractivity contribution is -0.127. The minimum absolute atomic E-state index is 0.248. The molecule has 0 spiro atoms. The molecular weight excluding hydrogens is 244 g/mol. The normalized spacial score (nSPS) is 39.7. The number of carbonyl (C=O) groups is 1. The van der Waals surface area contributed by atoms with E-state index >= 15 is 0 Å². The molecule has 5 rings (SSSR count). The lowest BCUT2D eigenvalue weighted by atomic mass is 9.46. The zero-order valence-corrected chi connectivity index (χ0v) is 12.1. The highest BCUT2D eigenvalue weighted by Crippen LogP contribution is 2.62. The quantitative estimate of drug-likeness (QED) is 0.746. The van der Waals surface area contributed by atoms with Gasteiger partial charge < -0.3 is 4.79 Å². The van der Waals surface area contributed by atoms with Gasteiger partial charge in [-0.1, -0.05) is 30.3 Å². The first-order valence-corrected chi connectivity index (χ1v) is 8.27. The molecule has 0 aromatic heterocycles. The van der Waals surface area contributed by atoms with Crippen LogP contribution in [0.2, 0.25) is 0 Å². The SMILES string of the molecule is O=CC(Cc1ccccc1)C12CC3CC(CC(C3)C1)C2. The summed E-state index contributed by atoms with van der Waals surface area (Å²) in [6, 6.07) is 10.6. The highest BCUT2D eigenvalue weighted by Gasteiger charge is 2.53. The molecule has 4 aliphatic rings. The van der Waals surface area contributed by atoms with Crippen molar-refractivity contribution in [3.05, 3.63) is 35.9 Å². The molecule has 4 bridgehead atoms. The summed E-state index contributed by atoms with van der Waals surface area (Å²) in [6.07, 6.45) is 10.6. The molecule has 1 nitrogen and oxygen atoms in total. The van der Waals surface area contributed by atoms with Crippen molar-refractivity contribution >= 4 is 6.29 Å². The minimum Gasteiger partial charge on any atom is -0.303 e. The van der Waals surface area contributed by atoms with Crippen molar-refractivity contribution in [2.24, 2.45) is 29.1 Å². The molecule has 4 saturated carbocycles. The number of carbonyl (C=O) groups excluding carboxylic acids is 1. The molecule has 0 heterocycles. The van der Waals surface area contributed by atoms with Crippen molar-refractivity contribution < 1.29 is 4.79 Å². The summed E-state index contributed by atoms with van der Waals surface area (Å²) < 4.78 is 0. The number of rotatable bonds is 4. The molecule has 1 unspecified atom stereocenters. The van der Waals surface area contributed by atoms with Crippen LogP contribution < -0.4 is 0 Å². The first-order valence-electron chi connectivity index (χ1n) is 8.27. The van der Waals surface area contributed by atoms with Gasteiger partial charge in [-0.15, -0.1) is 0 Å². The third-order valence-electron chi connectivity index (χ3n) is 6.33. The summed E-state index contributed by atoms with van der Waals surface area (Å²) in [5.74, 6) is 3.04. The number of aldehydes is 1. The first-order chi connectivity index (χ1) is 9.77. The van der Waals surface area contributed by atoms with Gasteiger partial charge in [-0.25, -0.2) is 0 Å². The highest BCUT2D eigenvalue weighted by atomic mass is 16.1. The van der Waals surface area contributed by atoms with Gasteiger partial charge in [0.05, 0.1) is 0 Å². The van der Waals surface area contributed by atoms with Crippen LogP contribution in [0.15, 0.2) is 30.3 Å². The Morgan fingerprint density at radius 1 is 1.00 bits per heavy atom. The van der Waals surface area contributed by atoms with Crippen LogP contribution in [0.3, 0.4) is 0 Å². The minimum atomic E-state index is 0.248. The fourth-order valence-corrected chi connectivity index (χ4v) is 5.91. The second-order valence-corrected chi connectivity index (χ2v) is 7.71. The molecule has 20 heavy (non-hydrogen) atoms. The molecule has 0 aliphatic heterocycles. The van der Waals surface area contributed by atoms with Crippen molar-refractivity contribution in [1.29, 1.82) is 0 Å². The third kappa shape index (κ3) is 2.03. The van der Waals surface area contributed by atoms with Crippen LogP contribution in [-0.4, -0.2) is 6.29 Å². The summed E-state index contributed by atoms with van der Waals surface area (Å²) in [4.78, 5) is 11.8. The Hall–Kier alpha value is -1.11. The predicted octanol–water partition coefficient (Wildman–Crippen LogP) is 4.26. The van der Waals surface area contributed by atoms with Crippen molar-refractivity contribution in [1.82, 2.24) is 0 Å². The summed E-state index contributed by atoms with van der Waals surface area (Å²) in [5, 5.41) is 0. The number of hydrogen-bond acceptors (Lipinski definition) is 1. The van der Waals surface area contributed by atoms with Crippen LogP contribution in [0.5, 0.6) is 0 Å². The summed E-state index contributed by atoms with van der Waals surface area (Å²) in [7, 11) is 0. The lowest BCUT2D eigenvalue weighted by Gasteiger charge is -2.58. The molecule has 1 aromatic carbocycles. The van der Waals surface area contributed by atoms with E-state index in [2.05, 4.69) is 30.3 Å². The van der Waals surface area contributed by atoms with E-state index in [-0.39, 0.29) is 5.92 Å². The maximum atomic E-state index is 11.8. The Morgan fingerprint density at radius 2 is 1.55 bits per heavy atom. The summed E-state index contributed by atoms with van der Waals surface area (Å²) in [5.41, 5.74) is 1.69. The fourth-order valence-electron chi connectivity index (χ4n) is 5.91. The van der Waals surface area contributed by atoms with E-state index in [1.54, 1.807) is 0 Å². The Morgan fingerprint density at radius 3 is 2.05 bits per heavy atom. The van der Waals surface area contributed by atoms with E-state index in [1.807, 2.05) is 0 Å². The lowest BCUT2D eigenvalue weighted by Crippen LogP contribution is -2.50. The smallest absolute Gasteiger partial charge is 0.123 e. The second-order valence-electron chi connectivity index (χ2n) is 7.71. The van der Waals surface area contributed by atoms with Crippen LogP contribution in [0.25, 0.3) is 0 Å². The van der Waals surface area contributed by atoms with Crippen molar-refractivity contribution in [3.63, 3.8) is 0 Å². The van der Waals surface area contributed by atoms with E-state index in [0.29, 0.717) is 5.41 Å². The zero-order valence-electron chi connectivity index (χ0n) is 12.1. The Kier molecular flexibility index (Phi) is 2.98. The first kappa shape index (κ1) is 12.6. The standard InChI is InChI=1S/C19H24O/c20-13-18(9-14-4-2-1-3-5-14)19-10-15-6-16(11-19)8-17(7-15)12-19/h1-5,13,15-18H,6-12H2. The molecular formula is C19H24O. The second kappa shape index (κ2) is 4.72. The van der Waals surface area contributed by atoms with Gasteiger partial charge in [-0.3, -0.25) is 0 Å². The van der Waals surface area contributed by atoms with Crippen LogP contribution in [0.1, 0.15) is 44.1 Å². The van der Waals surface area contributed by atoms with Gasteiger partial charge in [0.25, 0.3) is 0 Å². The van der Waals surface area contributed by atoms with Crippen LogP contribution in [-0.2, 0) is 11.2 Å². The van der Waals surface area contributed by atoms with Crippen molar-refractivity contribution in [2.75, 3.05) is 0 Å². The van der Waals surface area contributed by atoms with Gasteiger partial charge in [0.1, 0.15) is 6.29 Å². The molecule has 1 aromatic rings. The molecule has 1 heteroatoms. The van der Waals surface area contributed by atoms with Gasteiger partial charge in [-0.2, -0.15) is 0 Å². The number of hydrogen-bond donors (Lipinski definition) is 0. The predicted molar refractivity (Wildman–Crippen MR) is 80.3 cm³/mol. The molecule has 4 aliphatic carbocycles. The fraction of sp³-hybridized carbons (Fsp3) is 0.632. The molecule has 106 valence electrons. The topological polar surface area (TPSA) is 17.1 Å². The average Bonchev–Trinajstić information content (AvgIpc) is 2.44. The van der Waals surface area contributed by atoms with Crippen LogP contribution in [0, 0.1) is 29.1 Å². The monoisotopic (exact) mass is 268 g/mol. The van der Waals surface area contributed by atoms with Gasteiger partial charge in [0.2, 0.25) is 0 Å². The summed E-state index contributed by atoms with van der Waals surface area (Å²) >= 11 is 0. The molecule has 4 fully saturated rings. The van der Waals surface area contributed by atoms with Gasteiger partial charge in [0.15, 0.2) is 0 Å².